The van der Waals surface area contributed by atoms with Crippen LogP contribution in [0.2, 0.25) is 0 Å². The van der Waals surface area contributed by atoms with E-state index in [2.05, 4.69) is 0 Å². The standard InChI is InChI=1S/C30H28N2O3/c1-22-20-32(21-24-14-8-5-9-15-24)30(34)28(25(22)19-18-23-12-6-4-7-13-23)26-16-10-11-17-27(26)29(33)31(2)35-3/h4-20H,21H2,1-3H3/b19-18+. The highest BCUT2D eigenvalue weighted by Crippen LogP contribution is 2.29. The van der Waals surface area contributed by atoms with Crippen molar-refractivity contribution in [3.05, 3.63) is 129 Å². The van der Waals surface area contributed by atoms with Crippen molar-refractivity contribution in [2.75, 3.05) is 14.2 Å². The van der Waals surface area contributed by atoms with Crippen LogP contribution in [-0.4, -0.2) is 29.7 Å². The minimum absolute atomic E-state index is 0.160. The molecule has 1 heterocycles. The average Bonchev–Trinajstić information content (AvgIpc) is 2.90. The van der Waals surface area contributed by atoms with Crippen LogP contribution >= 0.6 is 0 Å². The summed E-state index contributed by atoms with van der Waals surface area (Å²) in [6, 6.07) is 27.0. The summed E-state index contributed by atoms with van der Waals surface area (Å²) in [5.41, 5.74) is 5.07. The summed E-state index contributed by atoms with van der Waals surface area (Å²) in [5.74, 6) is -0.323. The van der Waals surface area contributed by atoms with Crippen LogP contribution in [0.4, 0.5) is 0 Å². The van der Waals surface area contributed by atoms with E-state index in [1.165, 1.54) is 7.11 Å². The Hall–Kier alpha value is -4.22. The van der Waals surface area contributed by atoms with Crippen molar-refractivity contribution in [3.8, 4) is 11.1 Å². The maximum absolute atomic E-state index is 13.9. The largest absolute Gasteiger partial charge is 0.310 e. The zero-order valence-electron chi connectivity index (χ0n) is 20.1. The number of hydrogen-bond acceptors (Lipinski definition) is 3. The summed E-state index contributed by atoms with van der Waals surface area (Å²) in [5, 5.41) is 1.16. The highest BCUT2D eigenvalue weighted by atomic mass is 16.7. The summed E-state index contributed by atoms with van der Waals surface area (Å²) < 4.78 is 1.71. The van der Waals surface area contributed by atoms with Crippen molar-refractivity contribution in [2.24, 2.45) is 0 Å². The fraction of sp³-hybridized carbons (Fsp3) is 0.133. The average molecular weight is 465 g/mol. The van der Waals surface area contributed by atoms with Crippen molar-refractivity contribution >= 4 is 18.1 Å². The van der Waals surface area contributed by atoms with Crippen LogP contribution in [0, 0.1) is 6.92 Å². The summed E-state index contributed by atoms with van der Waals surface area (Å²) in [6.07, 6.45) is 5.82. The lowest BCUT2D eigenvalue weighted by Crippen LogP contribution is -2.28. The van der Waals surface area contributed by atoms with E-state index in [0.717, 1.165) is 27.3 Å². The van der Waals surface area contributed by atoms with E-state index in [0.29, 0.717) is 23.2 Å². The smallest absolute Gasteiger partial charge is 0.277 e. The van der Waals surface area contributed by atoms with Crippen LogP contribution in [0.5, 0.6) is 0 Å². The third kappa shape index (κ3) is 5.31. The van der Waals surface area contributed by atoms with Gasteiger partial charge in [0.1, 0.15) is 0 Å². The summed E-state index contributed by atoms with van der Waals surface area (Å²) in [4.78, 5) is 32.2. The van der Waals surface area contributed by atoms with Gasteiger partial charge in [-0.3, -0.25) is 14.4 Å². The van der Waals surface area contributed by atoms with Gasteiger partial charge >= 0.3 is 0 Å². The first-order chi connectivity index (χ1) is 17.0. The molecule has 0 unspecified atom stereocenters. The predicted octanol–water partition coefficient (Wildman–Crippen LogP) is 5.68. The lowest BCUT2D eigenvalue weighted by molar-refractivity contribution is -0.0756. The van der Waals surface area contributed by atoms with Crippen molar-refractivity contribution in [1.29, 1.82) is 0 Å². The van der Waals surface area contributed by atoms with Gasteiger partial charge in [0.05, 0.1) is 19.2 Å². The van der Waals surface area contributed by atoms with Crippen molar-refractivity contribution in [2.45, 2.75) is 13.5 Å². The minimum Gasteiger partial charge on any atom is -0.310 e. The van der Waals surface area contributed by atoms with Gasteiger partial charge in [-0.25, -0.2) is 5.06 Å². The first-order valence-electron chi connectivity index (χ1n) is 11.4. The number of nitrogens with zero attached hydrogens (tertiary/aromatic N) is 2. The van der Waals surface area contributed by atoms with E-state index in [1.807, 2.05) is 98.1 Å². The molecule has 0 saturated carbocycles. The molecule has 0 bridgehead atoms. The Balaban J connectivity index is 1.94. The number of amides is 1. The molecule has 176 valence electrons. The molecule has 0 N–H and O–H groups in total. The first kappa shape index (κ1) is 23.9. The van der Waals surface area contributed by atoms with Crippen LogP contribution in [-0.2, 0) is 11.4 Å². The van der Waals surface area contributed by atoms with E-state index >= 15 is 0 Å². The molecule has 0 aliphatic rings. The maximum atomic E-state index is 13.9. The Bertz CT molecular complexity index is 1410. The van der Waals surface area contributed by atoms with Gasteiger partial charge in [0.2, 0.25) is 0 Å². The van der Waals surface area contributed by atoms with Gasteiger partial charge in [-0.05, 0) is 35.2 Å². The summed E-state index contributed by atoms with van der Waals surface area (Å²) >= 11 is 0. The number of pyridine rings is 1. The van der Waals surface area contributed by atoms with E-state index in [-0.39, 0.29) is 11.5 Å². The molecule has 0 saturated heterocycles. The Morgan fingerprint density at radius 2 is 1.54 bits per heavy atom. The Labute approximate surface area is 205 Å². The minimum atomic E-state index is -0.323. The van der Waals surface area contributed by atoms with Gasteiger partial charge in [-0.15, -0.1) is 0 Å². The fourth-order valence-electron chi connectivity index (χ4n) is 4.07. The second kappa shape index (κ2) is 10.8. The lowest BCUT2D eigenvalue weighted by Gasteiger charge is -2.19. The van der Waals surface area contributed by atoms with E-state index in [1.54, 1.807) is 23.7 Å². The number of benzene rings is 3. The zero-order chi connectivity index (χ0) is 24.8. The number of carbonyl (C=O) groups excluding carboxylic acids is 1. The molecule has 0 fully saturated rings. The Morgan fingerprint density at radius 3 is 2.23 bits per heavy atom. The molecule has 0 aliphatic carbocycles. The SMILES string of the molecule is CON(C)C(=O)c1ccccc1-c1c(/C=C/c2ccccc2)c(C)cn(Cc2ccccc2)c1=O. The number of aromatic nitrogens is 1. The van der Waals surface area contributed by atoms with E-state index in [4.69, 9.17) is 4.84 Å². The van der Waals surface area contributed by atoms with Crippen LogP contribution < -0.4 is 5.56 Å². The van der Waals surface area contributed by atoms with Gasteiger partial charge in [0, 0.05) is 24.4 Å². The second-order valence-corrected chi connectivity index (χ2v) is 8.29. The number of carbonyl (C=O) groups is 1. The maximum Gasteiger partial charge on any atom is 0.277 e. The number of aryl methyl sites for hydroxylation is 1. The molecule has 5 nitrogen and oxygen atoms in total. The fourth-order valence-corrected chi connectivity index (χ4v) is 4.07. The quantitative estimate of drug-likeness (QED) is 0.331. The second-order valence-electron chi connectivity index (χ2n) is 8.29. The lowest BCUT2D eigenvalue weighted by atomic mass is 9.93. The molecule has 0 aliphatic heterocycles. The van der Waals surface area contributed by atoms with Gasteiger partial charge < -0.3 is 4.57 Å². The number of rotatable bonds is 7. The molecule has 1 amide bonds. The van der Waals surface area contributed by atoms with Gasteiger partial charge in [0.15, 0.2) is 0 Å². The van der Waals surface area contributed by atoms with E-state index in [9.17, 15) is 9.59 Å². The van der Waals surface area contributed by atoms with Gasteiger partial charge in [-0.1, -0.05) is 91.0 Å². The van der Waals surface area contributed by atoms with Crippen LogP contribution in [0.3, 0.4) is 0 Å². The van der Waals surface area contributed by atoms with E-state index < -0.39 is 0 Å². The van der Waals surface area contributed by atoms with Crippen molar-refractivity contribution in [3.63, 3.8) is 0 Å². The van der Waals surface area contributed by atoms with Crippen molar-refractivity contribution < 1.29 is 9.63 Å². The Kier molecular flexibility index (Phi) is 7.38. The van der Waals surface area contributed by atoms with Crippen LogP contribution in [0.1, 0.15) is 32.6 Å². The molecule has 1 aromatic heterocycles. The van der Waals surface area contributed by atoms with Gasteiger partial charge in [0.25, 0.3) is 11.5 Å². The van der Waals surface area contributed by atoms with Crippen LogP contribution in [0.15, 0.2) is 95.9 Å². The molecule has 35 heavy (non-hydrogen) atoms. The third-order valence-corrected chi connectivity index (χ3v) is 5.94. The molecule has 0 spiro atoms. The molecule has 5 heteroatoms. The highest BCUT2D eigenvalue weighted by Gasteiger charge is 2.22. The zero-order valence-corrected chi connectivity index (χ0v) is 20.1. The molecule has 3 aromatic carbocycles. The van der Waals surface area contributed by atoms with Crippen LogP contribution in [0.25, 0.3) is 23.3 Å². The highest BCUT2D eigenvalue weighted by molar-refractivity contribution is 6.01. The molecule has 4 aromatic rings. The van der Waals surface area contributed by atoms with Gasteiger partial charge in [-0.2, -0.15) is 0 Å². The molecule has 4 rings (SSSR count). The first-order valence-corrected chi connectivity index (χ1v) is 11.4. The third-order valence-electron chi connectivity index (χ3n) is 5.94. The normalized spacial score (nSPS) is 11.1. The number of hydrogen-bond donors (Lipinski definition) is 0. The Morgan fingerprint density at radius 1 is 0.914 bits per heavy atom. The molecular formula is C30H28N2O3. The topological polar surface area (TPSA) is 51.5 Å². The summed E-state index contributed by atoms with van der Waals surface area (Å²) in [7, 11) is 2.99. The van der Waals surface area contributed by atoms with Crippen molar-refractivity contribution in [1.82, 2.24) is 9.63 Å². The summed E-state index contributed by atoms with van der Waals surface area (Å²) in [6.45, 7) is 2.42. The monoisotopic (exact) mass is 464 g/mol. The number of hydroxylamine groups is 2. The molecule has 0 atom stereocenters. The molecule has 0 radical (unpaired) electrons. The molecular weight excluding hydrogens is 436 g/mol. The predicted molar refractivity (Wildman–Crippen MR) is 141 cm³/mol.